The molecule has 2 rings (SSSR count). The molecule has 1 heterocycles. The minimum Gasteiger partial charge on any atom is -0.394 e. The lowest BCUT2D eigenvalue weighted by Crippen LogP contribution is -2.30. The standard InChI is InChI=1S/C15H18BrFN4O3S/c1-9(2)13(8-22)20-14-12(16)7-18-15(21-14)19-10-3-5-11(6-4-10)25(17,23)24/h3-7,9,13,22H,8H2,1-2H3,(H2,18,19,20,21)/t13-/m0/s1. The largest absolute Gasteiger partial charge is 0.394 e. The highest BCUT2D eigenvalue weighted by Gasteiger charge is 2.15. The molecule has 25 heavy (non-hydrogen) atoms. The predicted molar refractivity (Wildman–Crippen MR) is 97.1 cm³/mol. The second-order valence-corrected chi connectivity index (χ2v) is 7.86. The van der Waals surface area contributed by atoms with Crippen LogP contribution >= 0.6 is 15.9 Å². The van der Waals surface area contributed by atoms with Crippen LogP contribution in [0.4, 0.5) is 21.3 Å². The third-order valence-corrected chi connectivity index (χ3v) is 4.88. The van der Waals surface area contributed by atoms with Gasteiger partial charge in [-0.2, -0.15) is 13.4 Å². The molecule has 0 bridgehead atoms. The van der Waals surface area contributed by atoms with Crippen molar-refractivity contribution in [3.8, 4) is 0 Å². The highest BCUT2D eigenvalue weighted by atomic mass is 79.9. The Morgan fingerprint density at radius 2 is 1.92 bits per heavy atom. The van der Waals surface area contributed by atoms with Crippen molar-refractivity contribution in [2.24, 2.45) is 5.92 Å². The smallest absolute Gasteiger partial charge is 0.332 e. The number of benzene rings is 1. The molecule has 10 heteroatoms. The molecule has 0 aliphatic rings. The average molecular weight is 433 g/mol. The number of aromatic nitrogens is 2. The number of aliphatic hydroxyl groups is 1. The molecule has 0 amide bonds. The van der Waals surface area contributed by atoms with Gasteiger partial charge in [0.2, 0.25) is 5.95 Å². The number of nitrogens with zero attached hydrogens (tertiary/aromatic N) is 2. The normalized spacial score (nSPS) is 12.9. The zero-order valence-corrected chi connectivity index (χ0v) is 16.0. The average Bonchev–Trinajstić information content (AvgIpc) is 2.54. The van der Waals surface area contributed by atoms with Gasteiger partial charge < -0.3 is 15.7 Å². The van der Waals surface area contributed by atoms with Gasteiger partial charge in [-0.25, -0.2) is 4.98 Å². The molecule has 0 unspecified atom stereocenters. The lowest BCUT2D eigenvalue weighted by Gasteiger charge is -2.21. The number of anilines is 3. The van der Waals surface area contributed by atoms with Gasteiger partial charge in [-0.3, -0.25) is 0 Å². The van der Waals surface area contributed by atoms with Crippen molar-refractivity contribution >= 4 is 43.6 Å². The lowest BCUT2D eigenvalue weighted by atomic mass is 10.1. The Labute approximate surface area is 154 Å². The van der Waals surface area contributed by atoms with E-state index >= 15 is 0 Å². The molecule has 0 spiro atoms. The van der Waals surface area contributed by atoms with Gasteiger partial charge in [0.05, 0.1) is 22.0 Å². The molecule has 1 atom stereocenters. The van der Waals surface area contributed by atoms with Crippen molar-refractivity contribution in [3.05, 3.63) is 34.9 Å². The maximum Gasteiger partial charge on any atom is 0.332 e. The molecular formula is C15H18BrFN4O3S. The molecule has 7 nitrogen and oxygen atoms in total. The predicted octanol–water partition coefficient (Wildman–Crippen LogP) is 3.07. The molecule has 1 aromatic heterocycles. The maximum absolute atomic E-state index is 12.9. The quantitative estimate of drug-likeness (QED) is 0.577. The van der Waals surface area contributed by atoms with E-state index in [0.29, 0.717) is 16.0 Å². The first-order chi connectivity index (χ1) is 11.7. The van der Waals surface area contributed by atoms with Crippen LogP contribution in [-0.2, 0) is 10.2 Å². The third kappa shape index (κ3) is 5.35. The second kappa shape index (κ2) is 8.07. The first-order valence-electron chi connectivity index (χ1n) is 7.42. The van der Waals surface area contributed by atoms with Crippen LogP contribution in [0.2, 0.25) is 0 Å². The molecule has 136 valence electrons. The van der Waals surface area contributed by atoms with Gasteiger partial charge in [-0.15, -0.1) is 3.89 Å². The molecule has 0 fully saturated rings. The summed E-state index contributed by atoms with van der Waals surface area (Å²) in [6, 6.07) is 4.95. The van der Waals surface area contributed by atoms with Crippen molar-refractivity contribution in [2.45, 2.75) is 24.8 Å². The Hall–Kier alpha value is -1.78. The molecular weight excluding hydrogens is 415 g/mol. The van der Waals surface area contributed by atoms with E-state index < -0.39 is 15.1 Å². The molecule has 0 aliphatic carbocycles. The number of aliphatic hydroxyl groups excluding tert-OH is 1. The highest BCUT2D eigenvalue weighted by Crippen LogP contribution is 2.24. The van der Waals surface area contributed by atoms with Gasteiger partial charge in [-0.1, -0.05) is 13.8 Å². The van der Waals surface area contributed by atoms with Crippen LogP contribution in [0, 0.1) is 5.92 Å². The number of hydrogen-bond donors (Lipinski definition) is 3. The minimum absolute atomic E-state index is 0.0456. The fraction of sp³-hybridized carbons (Fsp3) is 0.333. The van der Waals surface area contributed by atoms with E-state index in [1.165, 1.54) is 12.1 Å². The maximum atomic E-state index is 12.9. The second-order valence-electron chi connectivity index (χ2n) is 5.65. The van der Waals surface area contributed by atoms with Gasteiger partial charge in [0.15, 0.2) is 0 Å². The Balaban J connectivity index is 2.19. The first-order valence-corrected chi connectivity index (χ1v) is 9.60. The van der Waals surface area contributed by atoms with Gasteiger partial charge in [0, 0.05) is 11.9 Å². The van der Waals surface area contributed by atoms with Gasteiger partial charge in [0.1, 0.15) is 5.82 Å². The Morgan fingerprint density at radius 3 is 2.44 bits per heavy atom. The zero-order valence-electron chi connectivity index (χ0n) is 13.6. The molecule has 0 radical (unpaired) electrons. The summed E-state index contributed by atoms with van der Waals surface area (Å²) in [5.74, 6) is 0.966. The number of nitrogens with one attached hydrogen (secondary N) is 2. The van der Waals surface area contributed by atoms with Crippen molar-refractivity contribution in [2.75, 3.05) is 17.2 Å². The molecule has 3 N–H and O–H groups in total. The van der Waals surface area contributed by atoms with Crippen LogP contribution in [0.1, 0.15) is 13.8 Å². The summed E-state index contributed by atoms with van der Waals surface area (Å²) in [6.07, 6.45) is 1.55. The first kappa shape index (κ1) is 19.5. The summed E-state index contributed by atoms with van der Waals surface area (Å²) in [4.78, 5) is 8.03. The molecule has 2 aromatic rings. The summed E-state index contributed by atoms with van der Waals surface area (Å²) in [5, 5.41) is 15.5. The summed E-state index contributed by atoms with van der Waals surface area (Å²) >= 11 is 3.35. The van der Waals surface area contributed by atoms with Crippen molar-refractivity contribution in [1.82, 2.24) is 9.97 Å². The summed E-state index contributed by atoms with van der Waals surface area (Å²) in [7, 11) is -4.73. The van der Waals surface area contributed by atoms with Crippen LogP contribution in [0.25, 0.3) is 0 Å². The summed E-state index contributed by atoms with van der Waals surface area (Å²) in [6.45, 7) is 3.90. The fourth-order valence-corrected chi connectivity index (χ4v) is 2.72. The topological polar surface area (TPSA) is 104 Å². The van der Waals surface area contributed by atoms with Crippen LogP contribution in [-0.4, -0.2) is 36.1 Å². The zero-order chi connectivity index (χ0) is 18.6. The minimum atomic E-state index is -4.73. The Bertz CT molecular complexity index is 831. The van der Waals surface area contributed by atoms with Crippen LogP contribution in [0.5, 0.6) is 0 Å². The number of rotatable bonds is 7. The Morgan fingerprint density at radius 1 is 1.28 bits per heavy atom. The van der Waals surface area contributed by atoms with Crippen molar-refractivity contribution < 1.29 is 17.4 Å². The van der Waals surface area contributed by atoms with Crippen LogP contribution < -0.4 is 10.6 Å². The van der Waals surface area contributed by atoms with E-state index in [2.05, 4.69) is 36.5 Å². The van der Waals surface area contributed by atoms with Gasteiger partial charge in [0.25, 0.3) is 0 Å². The lowest BCUT2D eigenvalue weighted by molar-refractivity contribution is 0.249. The van der Waals surface area contributed by atoms with E-state index in [-0.39, 0.29) is 24.5 Å². The fourth-order valence-electron chi connectivity index (χ4n) is 1.96. The van der Waals surface area contributed by atoms with Crippen molar-refractivity contribution in [1.29, 1.82) is 0 Å². The number of hydrogen-bond acceptors (Lipinski definition) is 7. The van der Waals surface area contributed by atoms with E-state index in [0.717, 1.165) is 12.1 Å². The van der Waals surface area contributed by atoms with E-state index in [1.807, 2.05) is 13.8 Å². The molecule has 0 aliphatic heterocycles. The van der Waals surface area contributed by atoms with Crippen LogP contribution in [0.3, 0.4) is 0 Å². The summed E-state index contributed by atoms with van der Waals surface area (Å²) in [5.41, 5.74) is 0.503. The number of halogens is 2. The molecule has 0 saturated heterocycles. The molecule has 1 aromatic carbocycles. The van der Waals surface area contributed by atoms with Crippen molar-refractivity contribution in [3.63, 3.8) is 0 Å². The SMILES string of the molecule is CC(C)[C@H](CO)Nc1nc(Nc2ccc(S(=O)(=O)F)cc2)ncc1Br. The molecule has 0 saturated carbocycles. The van der Waals surface area contributed by atoms with E-state index in [4.69, 9.17) is 0 Å². The van der Waals surface area contributed by atoms with E-state index in [9.17, 15) is 17.4 Å². The van der Waals surface area contributed by atoms with Gasteiger partial charge in [-0.05, 0) is 46.1 Å². The summed E-state index contributed by atoms with van der Waals surface area (Å²) < 4.78 is 35.2. The highest BCUT2D eigenvalue weighted by molar-refractivity contribution is 9.10. The van der Waals surface area contributed by atoms with Crippen LogP contribution in [0.15, 0.2) is 39.8 Å². The third-order valence-electron chi connectivity index (χ3n) is 3.46. The van der Waals surface area contributed by atoms with E-state index in [1.54, 1.807) is 6.20 Å². The van der Waals surface area contributed by atoms with Gasteiger partial charge >= 0.3 is 10.2 Å². The monoisotopic (exact) mass is 432 g/mol. The Kier molecular flexibility index (Phi) is 6.31.